The number of hydrogen-bond acceptors (Lipinski definition) is 4. The summed E-state index contributed by atoms with van der Waals surface area (Å²) in [5.74, 6) is 0. The molecule has 1 atom stereocenters. The van der Waals surface area contributed by atoms with Crippen LogP contribution in [0.5, 0.6) is 0 Å². The Morgan fingerprint density at radius 1 is 1.32 bits per heavy atom. The molecule has 2 saturated heterocycles. The molecule has 0 aromatic heterocycles. The average Bonchev–Trinajstić information content (AvgIpc) is 2.86. The van der Waals surface area contributed by atoms with Gasteiger partial charge in [0.25, 0.3) is 6.47 Å². The number of nitrogens with zero attached hydrogens (tertiary/aromatic N) is 1. The van der Waals surface area contributed by atoms with Crippen LogP contribution in [0, 0.1) is 0 Å². The molecule has 0 radical (unpaired) electrons. The summed E-state index contributed by atoms with van der Waals surface area (Å²) in [5, 5.41) is 0. The second kappa shape index (κ2) is 5.15. The van der Waals surface area contributed by atoms with Gasteiger partial charge in [-0.05, 0) is 20.8 Å². The fraction of sp³-hybridized carbons (Fsp3) is 0.846. The third-order valence-corrected chi connectivity index (χ3v) is 9.02. The van der Waals surface area contributed by atoms with Crippen LogP contribution in [0.3, 0.4) is 0 Å². The fourth-order valence-electron chi connectivity index (χ4n) is 3.18. The van der Waals surface area contributed by atoms with E-state index in [0.29, 0.717) is 6.47 Å². The molecule has 108 valence electrons. The first-order chi connectivity index (χ1) is 8.85. The first-order valence-electron chi connectivity index (χ1n) is 6.94. The summed E-state index contributed by atoms with van der Waals surface area (Å²) in [6.45, 7) is 5.99. The molecule has 5 nitrogen and oxygen atoms in total. The smallest absolute Gasteiger partial charge is 0.412 e. The molecule has 19 heavy (non-hydrogen) atoms. The number of carbonyl (C=O) groups excluding carboxylic acids is 2. The highest BCUT2D eigenvalue weighted by atomic mass is 28.3. The van der Waals surface area contributed by atoms with E-state index in [9.17, 15) is 9.59 Å². The second-order valence-electron chi connectivity index (χ2n) is 6.71. The molecule has 1 amide bonds. The minimum Gasteiger partial charge on any atom is -0.444 e. The van der Waals surface area contributed by atoms with Crippen molar-refractivity contribution in [3.05, 3.63) is 0 Å². The van der Waals surface area contributed by atoms with Gasteiger partial charge in [-0.15, -0.1) is 0 Å². The molecular formula is C13H23NO4Si. The quantitative estimate of drug-likeness (QED) is 0.578. The monoisotopic (exact) mass is 285 g/mol. The van der Waals surface area contributed by atoms with Crippen LogP contribution in [0.4, 0.5) is 4.79 Å². The molecule has 0 N–H and O–H groups in total. The maximum absolute atomic E-state index is 12.2. The molecule has 0 bridgehead atoms. The highest BCUT2D eigenvalue weighted by Crippen LogP contribution is 2.41. The molecule has 0 unspecified atom stereocenters. The summed E-state index contributed by atoms with van der Waals surface area (Å²) in [4.78, 5) is 24.5. The summed E-state index contributed by atoms with van der Waals surface area (Å²) in [6.07, 6.45) is 2.53. The summed E-state index contributed by atoms with van der Waals surface area (Å²) in [5.41, 5.74) is -0.518. The third-order valence-electron chi connectivity index (χ3n) is 3.97. The van der Waals surface area contributed by atoms with Crippen molar-refractivity contribution in [1.82, 2.24) is 4.90 Å². The Balaban J connectivity index is 2.08. The first kappa shape index (κ1) is 14.4. The van der Waals surface area contributed by atoms with Crippen molar-refractivity contribution in [2.24, 2.45) is 0 Å². The standard InChI is InChI=1S/C13H23NO4Si/c1-13(2,3)18-12(16)14-9-19(6-4-5-7-19)8-11(14)17-10-15/h10-11H,4-9H2,1-3H3/t11-/m1/s1. The van der Waals surface area contributed by atoms with Crippen LogP contribution in [-0.2, 0) is 14.3 Å². The molecule has 0 aromatic carbocycles. The minimum atomic E-state index is -1.43. The Morgan fingerprint density at radius 2 is 1.95 bits per heavy atom. The van der Waals surface area contributed by atoms with E-state index in [4.69, 9.17) is 9.47 Å². The van der Waals surface area contributed by atoms with Gasteiger partial charge >= 0.3 is 6.09 Å². The maximum atomic E-state index is 12.2. The van der Waals surface area contributed by atoms with Crippen molar-refractivity contribution in [3.8, 4) is 0 Å². The highest BCUT2D eigenvalue weighted by Gasteiger charge is 2.50. The SMILES string of the molecule is CC(C)(C)OC(=O)N1C[Si]2(CCCC2)C[C@H]1OC=O. The van der Waals surface area contributed by atoms with Crippen LogP contribution in [0.15, 0.2) is 0 Å². The van der Waals surface area contributed by atoms with Gasteiger partial charge in [0.1, 0.15) is 5.60 Å². The van der Waals surface area contributed by atoms with Crippen molar-refractivity contribution < 1.29 is 19.1 Å². The lowest BCUT2D eigenvalue weighted by Crippen LogP contribution is -2.42. The molecule has 1 spiro atoms. The Bertz CT molecular complexity index is 360. The van der Waals surface area contributed by atoms with E-state index in [0.717, 1.165) is 12.2 Å². The van der Waals surface area contributed by atoms with Crippen molar-refractivity contribution in [3.63, 3.8) is 0 Å². The van der Waals surface area contributed by atoms with Crippen LogP contribution >= 0.6 is 0 Å². The molecule has 6 heteroatoms. The summed E-state index contributed by atoms with van der Waals surface area (Å²) in [7, 11) is -1.43. The topological polar surface area (TPSA) is 55.8 Å². The van der Waals surface area contributed by atoms with Gasteiger partial charge < -0.3 is 9.47 Å². The molecule has 2 aliphatic rings. The molecule has 2 heterocycles. The minimum absolute atomic E-state index is 0.351. The number of amides is 1. The predicted octanol–water partition coefficient (Wildman–Crippen LogP) is 2.52. The number of hydrogen-bond donors (Lipinski definition) is 0. The fourth-order valence-corrected chi connectivity index (χ4v) is 8.40. The van der Waals surface area contributed by atoms with Gasteiger partial charge in [-0.2, -0.15) is 0 Å². The van der Waals surface area contributed by atoms with Crippen molar-refractivity contribution in [1.29, 1.82) is 0 Å². The van der Waals surface area contributed by atoms with Crippen molar-refractivity contribution in [2.75, 3.05) is 6.17 Å². The molecule has 2 fully saturated rings. The lowest BCUT2D eigenvalue weighted by molar-refractivity contribution is -0.138. The van der Waals surface area contributed by atoms with E-state index in [1.54, 1.807) is 4.90 Å². The van der Waals surface area contributed by atoms with Gasteiger partial charge in [-0.25, -0.2) is 4.79 Å². The molecule has 2 rings (SSSR count). The summed E-state index contributed by atoms with van der Waals surface area (Å²) < 4.78 is 10.5. The van der Waals surface area contributed by atoms with E-state index in [1.165, 1.54) is 24.9 Å². The first-order valence-corrected chi connectivity index (χ1v) is 9.77. The van der Waals surface area contributed by atoms with E-state index in [2.05, 4.69) is 0 Å². The van der Waals surface area contributed by atoms with Crippen LogP contribution in [0.1, 0.15) is 33.6 Å². The second-order valence-corrected chi connectivity index (χ2v) is 11.4. The van der Waals surface area contributed by atoms with Gasteiger partial charge in [-0.1, -0.05) is 24.9 Å². The van der Waals surface area contributed by atoms with Crippen LogP contribution in [0.25, 0.3) is 0 Å². The normalized spacial score (nSPS) is 25.6. The van der Waals surface area contributed by atoms with Gasteiger partial charge in [-0.3, -0.25) is 9.69 Å². The molecule has 0 aromatic rings. The third kappa shape index (κ3) is 3.29. The lowest BCUT2D eigenvalue weighted by atomic mass is 10.2. The molecule has 0 aliphatic carbocycles. The number of carbonyl (C=O) groups is 2. The zero-order valence-electron chi connectivity index (χ0n) is 12.0. The number of ether oxygens (including phenoxy) is 2. The molecular weight excluding hydrogens is 262 g/mol. The Hall–Kier alpha value is -1.04. The number of rotatable bonds is 2. The lowest BCUT2D eigenvalue weighted by Gasteiger charge is -2.27. The Kier molecular flexibility index (Phi) is 3.89. The zero-order valence-corrected chi connectivity index (χ0v) is 13.0. The predicted molar refractivity (Wildman–Crippen MR) is 73.3 cm³/mol. The van der Waals surface area contributed by atoms with Gasteiger partial charge in [0, 0.05) is 12.2 Å². The zero-order chi connectivity index (χ0) is 14.1. The van der Waals surface area contributed by atoms with E-state index < -0.39 is 19.9 Å². The van der Waals surface area contributed by atoms with E-state index >= 15 is 0 Å². The van der Waals surface area contributed by atoms with Crippen LogP contribution in [0.2, 0.25) is 18.1 Å². The Labute approximate surface area is 115 Å². The van der Waals surface area contributed by atoms with Crippen molar-refractivity contribution >= 4 is 20.6 Å². The van der Waals surface area contributed by atoms with Gasteiger partial charge in [0.05, 0.1) is 8.07 Å². The maximum Gasteiger partial charge on any atom is 0.412 e. The van der Waals surface area contributed by atoms with Crippen LogP contribution < -0.4 is 0 Å². The van der Waals surface area contributed by atoms with Crippen molar-refractivity contribution in [2.45, 2.75) is 63.6 Å². The highest BCUT2D eigenvalue weighted by molar-refractivity contribution is 6.81. The summed E-state index contributed by atoms with van der Waals surface area (Å²) >= 11 is 0. The van der Waals surface area contributed by atoms with Crippen LogP contribution in [-0.4, -0.2) is 43.5 Å². The molecule has 2 aliphatic heterocycles. The summed E-state index contributed by atoms with van der Waals surface area (Å²) in [6, 6.07) is 3.36. The average molecular weight is 285 g/mol. The van der Waals surface area contributed by atoms with Gasteiger partial charge in [0.2, 0.25) is 0 Å². The molecule has 0 saturated carbocycles. The van der Waals surface area contributed by atoms with E-state index in [-0.39, 0.29) is 6.09 Å². The van der Waals surface area contributed by atoms with Gasteiger partial charge in [0.15, 0.2) is 6.23 Å². The Morgan fingerprint density at radius 3 is 2.47 bits per heavy atom. The largest absolute Gasteiger partial charge is 0.444 e. The van der Waals surface area contributed by atoms with E-state index in [1.807, 2.05) is 20.8 Å².